The van der Waals surface area contributed by atoms with E-state index in [2.05, 4.69) is 57.0 Å². The maximum absolute atomic E-state index is 3.49. The van der Waals surface area contributed by atoms with Crippen LogP contribution in [0.3, 0.4) is 0 Å². The molecule has 2 nitrogen and oxygen atoms in total. The van der Waals surface area contributed by atoms with E-state index in [0.29, 0.717) is 0 Å². The summed E-state index contributed by atoms with van der Waals surface area (Å²) in [5.41, 5.74) is 1.38. The van der Waals surface area contributed by atoms with E-state index in [0.717, 1.165) is 16.4 Å². The first-order valence-corrected chi connectivity index (χ1v) is 6.74. The number of likely N-dealkylation sites (tertiary alicyclic amines) is 1. The van der Waals surface area contributed by atoms with Crippen LogP contribution in [0.5, 0.6) is 0 Å². The molecular weight excluding hydrogens is 264 g/mol. The summed E-state index contributed by atoms with van der Waals surface area (Å²) < 4.78 is 1.16. The van der Waals surface area contributed by atoms with Crippen LogP contribution >= 0.6 is 15.9 Å². The monoisotopic (exact) mass is 280 g/mol. The molecule has 0 spiro atoms. The number of nitrogens with zero attached hydrogens (tertiary/aromatic N) is 2. The van der Waals surface area contributed by atoms with Gasteiger partial charge in [0.1, 0.15) is 0 Å². The molecule has 16 heavy (non-hydrogen) atoms. The zero-order valence-corrected chi connectivity index (χ0v) is 11.2. The molecule has 2 aliphatic rings. The number of fused-ring (bicyclic) bond motifs is 1. The van der Waals surface area contributed by atoms with Gasteiger partial charge in [-0.2, -0.15) is 0 Å². The van der Waals surface area contributed by atoms with Gasteiger partial charge in [0.2, 0.25) is 0 Å². The van der Waals surface area contributed by atoms with Crippen LogP contribution in [0.2, 0.25) is 0 Å². The summed E-state index contributed by atoms with van der Waals surface area (Å²) in [7, 11) is 2.23. The Kier molecular flexibility index (Phi) is 2.68. The molecule has 0 bridgehead atoms. The Morgan fingerprint density at radius 2 is 1.94 bits per heavy atom. The number of rotatable bonds is 1. The molecule has 2 fully saturated rings. The molecule has 3 heteroatoms. The minimum Gasteiger partial charge on any atom is -0.367 e. The highest BCUT2D eigenvalue weighted by Gasteiger charge is 2.39. The van der Waals surface area contributed by atoms with Crippen molar-refractivity contribution >= 4 is 21.6 Å². The van der Waals surface area contributed by atoms with Crippen LogP contribution in [-0.4, -0.2) is 37.6 Å². The van der Waals surface area contributed by atoms with Gasteiger partial charge in [0.25, 0.3) is 0 Å². The Bertz CT molecular complexity index is 376. The summed E-state index contributed by atoms with van der Waals surface area (Å²) in [6, 6.07) is 9.48. The highest BCUT2D eigenvalue weighted by Crippen LogP contribution is 2.34. The predicted octanol–water partition coefficient (Wildman–Crippen LogP) is 2.59. The normalized spacial score (nSPS) is 29.8. The maximum Gasteiger partial charge on any atom is 0.0457 e. The number of benzene rings is 1. The van der Waals surface area contributed by atoms with E-state index in [1.807, 2.05) is 0 Å². The van der Waals surface area contributed by atoms with E-state index in [1.165, 1.54) is 31.7 Å². The fraction of sp³-hybridized carbons (Fsp3) is 0.538. The number of anilines is 1. The van der Waals surface area contributed by atoms with Crippen molar-refractivity contribution in [3.8, 4) is 0 Å². The van der Waals surface area contributed by atoms with Gasteiger partial charge in [-0.3, -0.25) is 0 Å². The lowest BCUT2D eigenvalue weighted by molar-refractivity contribution is 0.386. The van der Waals surface area contributed by atoms with Crippen LogP contribution in [0, 0.1) is 5.92 Å². The van der Waals surface area contributed by atoms with Gasteiger partial charge in [-0.1, -0.05) is 15.9 Å². The highest BCUT2D eigenvalue weighted by atomic mass is 79.9. The van der Waals surface area contributed by atoms with E-state index >= 15 is 0 Å². The Balaban J connectivity index is 1.83. The molecule has 2 aliphatic heterocycles. The average molecular weight is 281 g/mol. The summed E-state index contributed by atoms with van der Waals surface area (Å²) in [6.45, 7) is 3.73. The third-order valence-electron chi connectivity index (χ3n) is 3.89. The molecule has 1 unspecified atom stereocenters. The minimum absolute atomic E-state index is 0.742. The van der Waals surface area contributed by atoms with Crippen molar-refractivity contribution in [3.63, 3.8) is 0 Å². The molecule has 0 radical (unpaired) electrons. The lowest BCUT2D eigenvalue weighted by atomic mass is 10.1. The largest absolute Gasteiger partial charge is 0.367 e. The molecule has 1 aromatic carbocycles. The summed E-state index contributed by atoms with van der Waals surface area (Å²) in [5, 5.41) is 0. The van der Waals surface area contributed by atoms with Gasteiger partial charge in [0, 0.05) is 35.8 Å². The molecule has 2 saturated heterocycles. The van der Waals surface area contributed by atoms with Crippen molar-refractivity contribution in [3.05, 3.63) is 28.7 Å². The Morgan fingerprint density at radius 1 is 1.19 bits per heavy atom. The van der Waals surface area contributed by atoms with E-state index in [-0.39, 0.29) is 0 Å². The second-order valence-electron chi connectivity index (χ2n) is 5.01. The van der Waals surface area contributed by atoms with Gasteiger partial charge in [-0.25, -0.2) is 0 Å². The van der Waals surface area contributed by atoms with Crippen LogP contribution in [0.15, 0.2) is 28.7 Å². The fourth-order valence-corrected chi connectivity index (χ4v) is 3.39. The zero-order valence-electron chi connectivity index (χ0n) is 9.56. The summed E-state index contributed by atoms with van der Waals surface area (Å²) in [5.74, 6) is 0.883. The van der Waals surface area contributed by atoms with Crippen molar-refractivity contribution in [2.24, 2.45) is 5.92 Å². The Labute approximate surface area is 105 Å². The molecular formula is C13H17BrN2. The van der Waals surface area contributed by atoms with Crippen molar-refractivity contribution < 1.29 is 0 Å². The van der Waals surface area contributed by atoms with Gasteiger partial charge in [0.05, 0.1) is 0 Å². The van der Waals surface area contributed by atoms with E-state index < -0.39 is 0 Å². The molecule has 0 N–H and O–H groups in total. The lowest BCUT2D eigenvalue weighted by Gasteiger charge is -2.26. The molecule has 86 valence electrons. The Hall–Kier alpha value is -0.540. The van der Waals surface area contributed by atoms with Crippen molar-refractivity contribution in [1.29, 1.82) is 0 Å². The van der Waals surface area contributed by atoms with E-state index in [1.54, 1.807) is 0 Å². The first-order valence-electron chi connectivity index (χ1n) is 5.95. The molecule has 3 rings (SSSR count). The molecule has 0 aliphatic carbocycles. The molecule has 2 heterocycles. The third-order valence-corrected chi connectivity index (χ3v) is 4.42. The summed E-state index contributed by atoms with van der Waals surface area (Å²) >= 11 is 3.49. The first-order chi connectivity index (χ1) is 7.74. The second kappa shape index (κ2) is 4.04. The van der Waals surface area contributed by atoms with Gasteiger partial charge < -0.3 is 9.80 Å². The van der Waals surface area contributed by atoms with Crippen LogP contribution in [0.25, 0.3) is 0 Å². The smallest absolute Gasteiger partial charge is 0.0457 e. The SMILES string of the molecule is CN1CC2CCN(c3ccc(Br)cc3)[C@H]2C1. The number of hydrogen-bond acceptors (Lipinski definition) is 2. The summed E-state index contributed by atoms with van der Waals surface area (Å²) in [6.07, 6.45) is 1.35. The van der Waals surface area contributed by atoms with Gasteiger partial charge in [-0.05, 0) is 43.7 Å². The van der Waals surface area contributed by atoms with E-state index in [4.69, 9.17) is 0 Å². The molecule has 0 saturated carbocycles. The molecule has 0 aromatic heterocycles. The van der Waals surface area contributed by atoms with Crippen LogP contribution in [0.1, 0.15) is 6.42 Å². The molecule has 0 amide bonds. The standard InChI is InChI=1S/C13H17BrN2/c1-15-8-10-6-7-16(13(10)9-15)12-4-2-11(14)3-5-12/h2-5,10,13H,6-9H2,1H3/t10?,13-/m0/s1. The average Bonchev–Trinajstić information content (AvgIpc) is 2.78. The predicted molar refractivity (Wildman–Crippen MR) is 70.9 cm³/mol. The first kappa shape index (κ1) is 10.6. The van der Waals surface area contributed by atoms with Crippen LogP contribution < -0.4 is 4.90 Å². The quantitative estimate of drug-likeness (QED) is 0.780. The highest BCUT2D eigenvalue weighted by molar-refractivity contribution is 9.10. The number of likely N-dealkylation sites (N-methyl/N-ethyl adjacent to an activating group) is 1. The van der Waals surface area contributed by atoms with Gasteiger partial charge >= 0.3 is 0 Å². The summed E-state index contributed by atoms with van der Waals surface area (Å²) in [4.78, 5) is 5.04. The molecule has 2 atom stereocenters. The fourth-order valence-electron chi connectivity index (χ4n) is 3.13. The zero-order chi connectivity index (χ0) is 11.1. The Morgan fingerprint density at radius 3 is 2.69 bits per heavy atom. The minimum atomic E-state index is 0.742. The maximum atomic E-state index is 3.49. The van der Waals surface area contributed by atoms with E-state index in [9.17, 15) is 0 Å². The van der Waals surface area contributed by atoms with Crippen LogP contribution in [0.4, 0.5) is 5.69 Å². The third kappa shape index (κ3) is 1.76. The van der Waals surface area contributed by atoms with Gasteiger partial charge in [0.15, 0.2) is 0 Å². The molecule has 1 aromatic rings. The number of halogens is 1. The van der Waals surface area contributed by atoms with Crippen molar-refractivity contribution in [2.75, 3.05) is 31.6 Å². The second-order valence-corrected chi connectivity index (χ2v) is 5.92. The topological polar surface area (TPSA) is 6.48 Å². The van der Waals surface area contributed by atoms with Crippen molar-refractivity contribution in [2.45, 2.75) is 12.5 Å². The van der Waals surface area contributed by atoms with Gasteiger partial charge in [-0.15, -0.1) is 0 Å². The number of hydrogen-bond donors (Lipinski definition) is 0. The van der Waals surface area contributed by atoms with Crippen LogP contribution in [-0.2, 0) is 0 Å². The van der Waals surface area contributed by atoms with Crippen molar-refractivity contribution in [1.82, 2.24) is 4.90 Å². The lowest BCUT2D eigenvalue weighted by Crippen LogP contribution is -2.34.